The Balaban J connectivity index is 1.74. The van der Waals surface area contributed by atoms with Crippen molar-refractivity contribution in [1.82, 2.24) is 4.90 Å². The first kappa shape index (κ1) is 25.0. The maximum Gasteiger partial charge on any atom is 0.410 e. The van der Waals surface area contributed by atoms with Crippen molar-refractivity contribution in [2.75, 3.05) is 39.7 Å². The van der Waals surface area contributed by atoms with Gasteiger partial charge in [-0.05, 0) is 43.0 Å². The molecule has 10 heteroatoms. The van der Waals surface area contributed by atoms with Gasteiger partial charge in [0.25, 0.3) is 0 Å². The van der Waals surface area contributed by atoms with E-state index in [4.69, 9.17) is 14.2 Å². The molecule has 1 aromatic carbocycles. The Morgan fingerprint density at radius 3 is 2.76 bits per heavy atom. The molecule has 2 amide bonds. The summed E-state index contributed by atoms with van der Waals surface area (Å²) in [7, 11) is 4.87. The number of methoxy groups -OCH3 is 2. The van der Waals surface area contributed by atoms with E-state index in [9.17, 15) is 9.59 Å². The Bertz CT molecular complexity index is 1050. The summed E-state index contributed by atoms with van der Waals surface area (Å²) in [5, 5.41) is 3.79. The molecule has 2 aromatic rings. The van der Waals surface area contributed by atoms with Crippen molar-refractivity contribution in [3.8, 4) is 11.5 Å². The minimum absolute atomic E-state index is 0.109. The largest absolute Gasteiger partial charge is 0.493 e. The van der Waals surface area contributed by atoms with E-state index < -0.39 is 0 Å². The number of hydrogen-bond donors (Lipinski definition) is 1. The first-order valence-corrected chi connectivity index (χ1v) is 12.2. The number of thiophene rings is 1. The molecule has 0 bridgehead atoms. The van der Waals surface area contributed by atoms with Crippen LogP contribution in [0.3, 0.4) is 0 Å². The fraction of sp³-hybridized carbons (Fsp3) is 0.435. The van der Waals surface area contributed by atoms with E-state index in [0.29, 0.717) is 44.0 Å². The van der Waals surface area contributed by atoms with Crippen LogP contribution in [0.15, 0.2) is 21.6 Å². The van der Waals surface area contributed by atoms with Gasteiger partial charge in [-0.15, -0.1) is 11.3 Å². The van der Waals surface area contributed by atoms with Crippen molar-refractivity contribution < 1.29 is 23.8 Å². The number of rotatable bonds is 8. The predicted molar refractivity (Wildman–Crippen MR) is 133 cm³/mol. The zero-order chi connectivity index (χ0) is 24.0. The number of ether oxygens (including phenoxy) is 3. The molecular weight excluding hydrogens is 510 g/mol. The number of carbonyl (C=O) groups excluding carboxylic acids is 2. The molecule has 1 aliphatic rings. The summed E-state index contributed by atoms with van der Waals surface area (Å²) in [6.45, 7) is 3.18. The van der Waals surface area contributed by atoms with Crippen LogP contribution in [0.25, 0.3) is 0 Å². The standard InChI is InChI=1S/C23H28BrN3O5S/c1-5-32-23(29)27-9-8-16-17(12-25-2)22(33-19(16)13-27)26-20(28)7-6-14-10-15(24)11-18(30-3)21(14)31-4/h10-12H,5-9,13H2,1-4H3,(H,26,28). The number of fused-ring (bicyclic) bond motifs is 1. The van der Waals surface area contributed by atoms with E-state index in [0.717, 1.165) is 31.0 Å². The summed E-state index contributed by atoms with van der Waals surface area (Å²) in [5.74, 6) is 1.13. The summed E-state index contributed by atoms with van der Waals surface area (Å²) in [6, 6.07) is 3.76. The fourth-order valence-electron chi connectivity index (χ4n) is 3.79. The lowest BCUT2D eigenvalue weighted by Gasteiger charge is -2.26. The second-order valence-corrected chi connectivity index (χ2v) is 9.37. The number of nitrogens with zero attached hydrogens (tertiary/aromatic N) is 2. The average molecular weight is 538 g/mol. The summed E-state index contributed by atoms with van der Waals surface area (Å²) < 4.78 is 16.9. The van der Waals surface area contributed by atoms with E-state index in [-0.39, 0.29) is 18.4 Å². The average Bonchev–Trinajstić information content (AvgIpc) is 3.13. The van der Waals surface area contributed by atoms with Crippen LogP contribution in [0.5, 0.6) is 11.5 Å². The number of carbonyl (C=O) groups is 2. The molecule has 0 saturated heterocycles. The highest BCUT2D eigenvalue weighted by atomic mass is 79.9. The van der Waals surface area contributed by atoms with Gasteiger partial charge in [-0.1, -0.05) is 15.9 Å². The number of hydrogen-bond acceptors (Lipinski definition) is 7. The zero-order valence-electron chi connectivity index (χ0n) is 19.2. The molecule has 33 heavy (non-hydrogen) atoms. The minimum Gasteiger partial charge on any atom is -0.493 e. The van der Waals surface area contributed by atoms with Gasteiger partial charge in [-0.25, -0.2) is 4.79 Å². The molecular formula is C23H28BrN3O5S. The molecule has 0 unspecified atom stereocenters. The van der Waals surface area contributed by atoms with E-state index in [1.165, 1.54) is 11.3 Å². The first-order chi connectivity index (χ1) is 15.9. The van der Waals surface area contributed by atoms with Crippen molar-refractivity contribution in [3.63, 3.8) is 0 Å². The maximum absolute atomic E-state index is 12.8. The highest BCUT2D eigenvalue weighted by Gasteiger charge is 2.27. The van der Waals surface area contributed by atoms with Crippen LogP contribution >= 0.6 is 27.3 Å². The molecule has 1 aromatic heterocycles. The molecule has 1 aliphatic heterocycles. The monoisotopic (exact) mass is 537 g/mol. The number of amides is 2. The highest BCUT2D eigenvalue weighted by molar-refractivity contribution is 9.10. The second kappa shape index (κ2) is 11.5. The van der Waals surface area contributed by atoms with Crippen molar-refractivity contribution in [2.45, 2.75) is 32.7 Å². The third kappa shape index (κ3) is 5.86. The predicted octanol–water partition coefficient (Wildman–Crippen LogP) is 4.66. The third-order valence-corrected chi connectivity index (χ3v) is 6.88. The van der Waals surface area contributed by atoms with E-state index >= 15 is 0 Å². The van der Waals surface area contributed by atoms with Crippen LogP contribution in [0.2, 0.25) is 0 Å². The van der Waals surface area contributed by atoms with Gasteiger partial charge >= 0.3 is 6.09 Å². The van der Waals surface area contributed by atoms with Crippen LogP contribution in [-0.2, 0) is 28.9 Å². The van der Waals surface area contributed by atoms with Crippen LogP contribution < -0.4 is 14.8 Å². The van der Waals surface area contributed by atoms with Gasteiger partial charge < -0.3 is 24.4 Å². The number of anilines is 1. The Hall–Kier alpha value is -2.59. The Morgan fingerprint density at radius 2 is 2.09 bits per heavy atom. The summed E-state index contributed by atoms with van der Waals surface area (Å²) in [5.41, 5.74) is 2.92. The topological polar surface area (TPSA) is 89.5 Å². The molecule has 2 heterocycles. The van der Waals surface area contributed by atoms with Crippen LogP contribution in [0.1, 0.15) is 34.9 Å². The molecule has 1 N–H and O–H groups in total. The number of halogens is 1. The number of nitrogens with one attached hydrogen (secondary N) is 1. The molecule has 3 rings (SSSR count). The van der Waals surface area contributed by atoms with Crippen molar-refractivity contribution in [3.05, 3.63) is 38.2 Å². The van der Waals surface area contributed by atoms with Crippen LogP contribution in [-0.4, -0.2) is 57.5 Å². The van der Waals surface area contributed by atoms with Crippen molar-refractivity contribution >= 4 is 50.5 Å². The normalized spacial score (nSPS) is 13.1. The van der Waals surface area contributed by atoms with E-state index in [1.807, 2.05) is 12.1 Å². The fourth-order valence-corrected chi connectivity index (χ4v) is 5.52. The molecule has 0 radical (unpaired) electrons. The maximum atomic E-state index is 12.8. The molecule has 0 spiro atoms. The number of aliphatic imine (C=N–C) groups is 1. The van der Waals surface area contributed by atoms with Gasteiger partial charge in [0.05, 0.1) is 27.4 Å². The van der Waals surface area contributed by atoms with E-state index in [2.05, 4.69) is 26.2 Å². The summed E-state index contributed by atoms with van der Waals surface area (Å²) in [4.78, 5) is 31.9. The quantitative estimate of drug-likeness (QED) is 0.494. The lowest BCUT2D eigenvalue weighted by molar-refractivity contribution is -0.116. The molecule has 178 valence electrons. The minimum atomic E-state index is -0.314. The second-order valence-electron chi connectivity index (χ2n) is 7.35. The van der Waals surface area contributed by atoms with Gasteiger partial charge in [0.15, 0.2) is 11.5 Å². The Labute approximate surface area is 206 Å². The molecule has 0 aliphatic carbocycles. The number of aryl methyl sites for hydroxylation is 1. The van der Waals surface area contributed by atoms with Gasteiger partial charge in [0.1, 0.15) is 5.00 Å². The summed E-state index contributed by atoms with van der Waals surface area (Å²) in [6.07, 6.45) is 2.91. The highest BCUT2D eigenvalue weighted by Crippen LogP contribution is 2.37. The van der Waals surface area contributed by atoms with Gasteiger partial charge in [0, 0.05) is 41.1 Å². The van der Waals surface area contributed by atoms with Crippen molar-refractivity contribution in [2.24, 2.45) is 4.99 Å². The lowest BCUT2D eigenvalue weighted by atomic mass is 10.0. The van der Waals surface area contributed by atoms with Gasteiger partial charge in [-0.3, -0.25) is 9.79 Å². The lowest BCUT2D eigenvalue weighted by Crippen LogP contribution is -2.35. The molecule has 8 nitrogen and oxygen atoms in total. The number of benzene rings is 1. The van der Waals surface area contributed by atoms with Gasteiger partial charge in [-0.2, -0.15) is 0 Å². The van der Waals surface area contributed by atoms with Crippen LogP contribution in [0.4, 0.5) is 9.80 Å². The van der Waals surface area contributed by atoms with Crippen molar-refractivity contribution in [1.29, 1.82) is 0 Å². The smallest absolute Gasteiger partial charge is 0.410 e. The molecule has 0 saturated carbocycles. The SMILES string of the molecule is CCOC(=O)N1CCc2c(sc(NC(=O)CCc3cc(Br)cc(OC)c3OC)c2C=NC)C1. The summed E-state index contributed by atoms with van der Waals surface area (Å²) >= 11 is 4.96. The zero-order valence-corrected chi connectivity index (χ0v) is 21.6. The van der Waals surface area contributed by atoms with Gasteiger partial charge in [0.2, 0.25) is 5.91 Å². The Morgan fingerprint density at radius 1 is 1.30 bits per heavy atom. The Kier molecular flexibility index (Phi) is 8.74. The molecule has 0 fully saturated rings. The molecule has 0 atom stereocenters. The third-order valence-electron chi connectivity index (χ3n) is 5.28. The first-order valence-electron chi connectivity index (χ1n) is 10.6. The van der Waals surface area contributed by atoms with Crippen LogP contribution in [0, 0.1) is 0 Å². The van der Waals surface area contributed by atoms with E-state index in [1.54, 1.807) is 39.3 Å².